The fourth-order valence-corrected chi connectivity index (χ4v) is 8.55. The third-order valence-electron chi connectivity index (χ3n) is 10.1. The van der Waals surface area contributed by atoms with Gasteiger partial charge in [0.05, 0.1) is 24.4 Å². The van der Waals surface area contributed by atoms with Crippen LogP contribution in [0.1, 0.15) is 183 Å². The first-order valence-electron chi connectivity index (χ1n) is 19.2. The van der Waals surface area contributed by atoms with Crippen LogP contribution in [0.4, 0.5) is 0 Å². The van der Waals surface area contributed by atoms with Gasteiger partial charge in [-0.2, -0.15) is 0 Å². The molecule has 4 atom stereocenters. The minimum atomic E-state index is -1.70. The first-order chi connectivity index (χ1) is 21.3. The summed E-state index contributed by atoms with van der Waals surface area (Å²) in [5.41, 5.74) is 0. The van der Waals surface area contributed by atoms with E-state index in [4.69, 9.17) is 13.9 Å². The molecule has 0 bridgehead atoms. The zero-order valence-electron chi connectivity index (χ0n) is 31.3. The normalized spacial score (nSPS) is 20.3. The van der Waals surface area contributed by atoms with Crippen molar-refractivity contribution in [1.82, 2.24) is 0 Å². The number of aliphatic hydroxyl groups is 1. The highest BCUT2D eigenvalue weighted by Gasteiger charge is 2.40. The molecule has 4 nitrogen and oxygen atoms in total. The number of allylic oxidation sites excluding steroid dienone is 2. The Morgan fingerprint density at radius 3 is 1.78 bits per heavy atom. The number of hydrogen-bond acceptors (Lipinski definition) is 4. The summed E-state index contributed by atoms with van der Waals surface area (Å²) >= 11 is 2.48. The van der Waals surface area contributed by atoms with Crippen LogP contribution in [0, 0.1) is 0 Å². The summed E-state index contributed by atoms with van der Waals surface area (Å²) in [5, 5.41) is 10.8. The monoisotopic (exact) mass is 764 g/mol. The maximum absolute atomic E-state index is 10.5. The molecular formula is C39H77IO4Si. The van der Waals surface area contributed by atoms with Crippen LogP contribution in [0.15, 0.2) is 12.2 Å². The summed E-state index contributed by atoms with van der Waals surface area (Å²) in [6.07, 6.45) is 32.2. The van der Waals surface area contributed by atoms with Crippen LogP contribution in [-0.2, 0) is 13.9 Å². The Balaban J connectivity index is 2.13. The first kappa shape index (κ1) is 43.5. The Morgan fingerprint density at radius 1 is 0.733 bits per heavy atom. The zero-order valence-corrected chi connectivity index (χ0v) is 34.4. The van der Waals surface area contributed by atoms with Crippen LogP contribution in [0.5, 0.6) is 0 Å². The lowest BCUT2D eigenvalue weighted by Crippen LogP contribution is -2.44. The molecule has 0 unspecified atom stereocenters. The van der Waals surface area contributed by atoms with Crippen LogP contribution >= 0.6 is 22.6 Å². The SMILES string of the molecule is CCCCCCCCCCCCCC[C@H]1OC(C)(C)O[C@@H]1CC/C=C\CC[C@H](O)CCCCC[C@H](CI)O[Si](C)(C)C(C)(C)C. The molecule has 1 saturated heterocycles. The molecule has 268 valence electrons. The number of ether oxygens (including phenoxy) is 2. The smallest absolute Gasteiger partial charge is 0.192 e. The van der Waals surface area contributed by atoms with Crippen LogP contribution in [0.25, 0.3) is 0 Å². The van der Waals surface area contributed by atoms with Crippen LogP contribution in [-0.4, -0.2) is 48.1 Å². The molecular weight excluding hydrogens is 687 g/mol. The van der Waals surface area contributed by atoms with Gasteiger partial charge in [0.15, 0.2) is 14.1 Å². The van der Waals surface area contributed by atoms with Crippen molar-refractivity contribution in [3.63, 3.8) is 0 Å². The topological polar surface area (TPSA) is 47.9 Å². The van der Waals surface area contributed by atoms with Gasteiger partial charge in [-0.25, -0.2) is 0 Å². The molecule has 0 aromatic carbocycles. The van der Waals surface area contributed by atoms with Gasteiger partial charge in [0.1, 0.15) is 0 Å². The van der Waals surface area contributed by atoms with E-state index >= 15 is 0 Å². The third-order valence-corrected chi connectivity index (χ3v) is 15.6. The van der Waals surface area contributed by atoms with E-state index < -0.39 is 14.1 Å². The summed E-state index contributed by atoms with van der Waals surface area (Å²) in [6, 6.07) is 0. The van der Waals surface area contributed by atoms with Crippen molar-refractivity contribution >= 4 is 30.9 Å². The van der Waals surface area contributed by atoms with Crippen LogP contribution in [0.2, 0.25) is 18.1 Å². The molecule has 0 radical (unpaired) electrons. The van der Waals surface area contributed by atoms with Gasteiger partial charge in [-0.05, 0) is 76.9 Å². The molecule has 0 aromatic rings. The van der Waals surface area contributed by atoms with Crippen molar-refractivity contribution < 1.29 is 19.0 Å². The largest absolute Gasteiger partial charge is 0.413 e. The second-order valence-electron chi connectivity index (χ2n) is 16.0. The molecule has 0 aliphatic carbocycles. The molecule has 1 aliphatic heterocycles. The van der Waals surface area contributed by atoms with Gasteiger partial charge in [-0.1, -0.05) is 159 Å². The van der Waals surface area contributed by atoms with E-state index in [-0.39, 0.29) is 23.4 Å². The van der Waals surface area contributed by atoms with Gasteiger partial charge in [0.25, 0.3) is 0 Å². The maximum Gasteiger partial charge on any atom is 0.192 e. The average Bonchev–Trinajstić information content (AvgIpc) is 3.26. The lowest BCUT2D eigenvalue weighted by atomic mass is 10.0. The minimum absolute atomic E-state index is 0.189. The summed E-state index contributed by atoms with van der Waals surface area (Å²) < 4.78 is 20.3. The van der Waals surface area contributed by atoms with Gasteiger partial charge in [0, 0.05) is 4.43 Å². The predicted molar refractivity (Wildman–Crippen MR) is 207 cm³/mol. The minimum Gasteiger partial charge on any atom is -0.413 e. The second kappa shape index (κ2) is 24.6. The maximum atomic E-state index is 10.5. The van der Waals surface area contributed by atoms with E-state index in [2.05, 4.69) is 89.4 Å². The Bertz CT molecular complexity index is 735. The number of aliphatic hydroxyl groups excluding tert-OH is 1. The van der Waals surface area contributed by atoms with Gasteiger partial charge < -0.3 is 19.0 Å². The van der Waals surface area contributed by atoms with Crippen molar-refractivity contribution in [2.75, 3.05) is 4.43 Å². The number of rotatable bonds is 28. The average molecular weight is 765 g/mol. The fraction of sp³-hybridized carbons (Fsp3) is 0.949. The highest BCUT2D eigenvalue weighted by atomic mass is 127. The van der Waals surface area contributed by atoms with Gasteiger partial charge in [-0.15, -0.1) is 0 Å². The van der Waals surface area contributed by atoms with Crippen molar-refractivity contribution in [3.8, 4) is 0 Å². The first-order valence-corrected chi connectivity index (χ1v) is 23.7. The van der Waals surface area contributed by atoms with Crippen molar-refractivity contribution in [2.45, 2.75) is 231 Å². The molecule has 1 N–H and O–H groups in total. The Hall–Kier alpha value is 0.527. The van der Waals surface area contributed by atoms with Crippen molar-refractivity contribution in [1.29, 1.82) is 0 Å². The summed E-state index contributed by atoms with van der Waals surface area (Å²) in [6.45, 7) is 18.1. The molecule has 45 heavy (non-hydrogen) atoms. The Kier molecular flexibility index (Phi) is 23.8. The molecule has 6 heteroatoms. The highest BCUT2D eigenvalue weighted by Crippen LogP contribution is 2.38. The van der Waals surface area contributed by atoms with Gasteiger partial charge in [0.2, 0.25) is 0 Å². The molecule has 1 aliphatic rings. The number of unbranched alkanes of at least 4 members (excludes halogenated alkanes) is 13. The van der Waals surface area contributed by atoms with E-state index in [0.29, 0.717) is 6.10 Å². The van der Waals surface area contributed by atoms with E-state index in [1.165, 1.54) is 89.9 Å². The van der Waals surface area contributed by atoms with Crippen molar-refractivity contribution in [2.24, 2.45) is 0 Å². The standard InChI is InChI=1S/C39H77IO4Si/c1-9-10-11-12-13-14-15-16-17-18-19-26-31-36-37(43-39(5,6)42-36)32-27-21-20-23-28-34(41)29-24-22-25-30-35(33-40)44-45(7,8)38(2,3)4/h20-21,34-37,41H,9-19,22-33H2,1-8H3/b21-20-/t34-,35+,36+,37+/m0/s1. The molecule has 0 spiro atoms. The molecule has 0 saturated carbocycles. The van der Waals surface area contributed by atoms with E-state index in [1.54, 1.807) is 0 Å². The summed E-state index contributed by atoms with van der Waals surface area (Å²) in [7, 11) is -1.70. The number of halogens is 1. The Labute approximate surface area is 296 Å². The van der Waals surface area contributed by atoms with Crippen LogP contribution in [0.3, 0.4) is 0 Å². The van der Waals surface area contributed by atoms with Crippen LogP contribution < -0.4 is 0 Å². The molecule has 1 fully saturated rings. The Morgan fingerprint density at radius 2 is 1.22 bits per heavy atom. The van der Waals surface area contributed by atoms with Gasteiger partial charge in [-0.3, -0.25) is 0 Å². The molecule has 0 amide bonds. The number of alkyl halides is 1. The third kappa shape index (κ3) is 21.3. The summed E-state index contributed by atoms with van der Waals surface area (Å²) in [4.78, 5) is 0. The van der Waals surface area contributed by atoms with Gasteiger partial charge >= 0.3 is 0 Å². The second-order valence-corrected chi connectivity index (χ2v) is 21.6. The lowest BCUT2D eigenvalue weighted by Gasteiger charge is -2.39. The molecule has 1 heterocycles. The van der Waals surface area contributed by atoms with E-state index in [0.717, 1.165) is 55.8 Å². The van der Waals surface area contributed by atoms with Crippen molar-refractivity contribution in [3.05, 3.63) is 12.2 Å². The van der Waals surface area contributed by atoms with E-state index in [1.807, 2.05) is 0 Å². The molecule has 0 aromatic heterocycles. The van der Waals surface area contributed by atoms with E-state index in [9.17, 15) is 5.11 Å². The summed E-state index contributed by atoms with van der Waals surface area (Å²) in [5.74, 6) is -0.463. The fourth-order valence-electron chi connectivity index (χ4n) is 6.20. The predicted octanol–water partition coefficient (Wildman–Crippen LogP) is 12.9. The quantitative estimate of drug-likeness (QED) is 0.0283. The number of hydrogen-bond donors (Lipinski definition) is 1. The molecule has 1 rings (SSSR count). The highest BCUT2D eigenvalue weighted by molar-refractivity contribution is 14.1. The zero-order chi connectivity index (χ0) is 33.6. The lowest BCUT2D eigenvalue weighted by molar-refractivity contribution is -0.147.